The van der Waals surface area contributed by atoms with Crippen LogP contribution < -0.4 is 10.5 Å². The van der Waals surface area contributed by atoms with Gasteiger partial charge in [-0.1, -0.05) is 45.2 Å². The van der Waals surface area contributed by atoms with Gasteiger partial charge in [0.15, 0.2) is 0 Å². The van der Waals surface area contributed by atoms with Crippen LogP contribution in [0.15, 0.2) is 40.9 Å². The summed E-state index contributed by atoms with van der Waals surface area (Å²) in [7, 11) is 0. The third-order valence-corrected chi connectivity index (χ3v) is 4.07. The number of hydrogen-bond donors (Lipinski definition) is 1. The van der Waals surface area contributed by atoms with E-state index in [2.05, 4.69) is 15.9 Å². The van der Waals surface area contributed by atoms with Gasteiger partial charge in [-0.25, -0.2) is 0 Å². The first kappa shape index (κ1) is 15.6. The molecular formula is C15H14BrCl2NO. The van der Waals surface area contributed by atoms with Crippen LogP contribution in [0, 0.1) is 0 Å². The predicted molar refractivity (Wildman–Crippen MR) is 87.7 cm³/mol. The number of halogens is 3. The first-order valence-corrected chi connectivity index (χ1v) is 7.71. The molecule has 2 N–H and O–H groups in total. The molecule has 2 rings (SSSR count). The molecule has 0 fully saturated rings. The van der Waals surface area contributed by atoms with Gasteiger partial charge in [-0.05, 0) is 48.9 Å². The Balaban J connectivity index is 2.18. The lowest BCUT2D eigenvalue weighted by atomic mass is 10.1. The van der Waals surface area contributed by atoms with E-state index in [0.29, 0.717) is 23.2 Å². The van der Waals surface area contributed by atoms with Crippen LogP contribution >= 0.6 is 39.1 Å². The third-order valence-electron chi connectivity index (χ3n) is 2.87. The minimum absolute atomic E-state index is 0.331. The molecule has 106 valence electrons. The van der Waals surface area contributed by atoms with Crippen molar-refractivity contribution in [2.75, 3.05) is 6.54 Å². The van der Waals surface area contributed by atoms with Crippen LogP contribution in [0.5, 0.6) is 5.75 Å². The highest BCUT2D eigenvalue weighted by Gasteiger charge is 2.09. The minimum Gasteiger partial charge on any atom is -0.489 e. The van der Waals surface area contributed by atoms with Crippen molar-refractivity contribution in [3.8, 4) is 5.75 Å². The van der Waals surface area contributed by atoms with Crippen LogP contribution in [-0.4, -0.2) is 6.54 Å². The second kappa shape index (κ2) is 7.32. The van der Waals surface area contributed by atoms with Gasteiger partial charge in [-0.2, -0.15) is 0 Å². The van der Waals surface area contributed by atoms with Crippen LogP contribution in [0.1, 0.15) is 11.1 Å². The highest BCUT2D eigenvalue weighted by Crippen LogP contribution is 2.28. The molecule has 0 amide bonds. The first-order valence-electron chi connectivity index (χ1n) is 6.16. The summed E-state index contributed by atoms with van der Waals surface area (Å²) in [5, 5.41) is 1.21. The molecule has 0 aliphatic heterocycles. The Kier molecular flexibility index (Phi) is 5.73. The highest BCUT2D eigenvalue weighted by atomic mass is 79.9. The number of rotatable bonds is 5. The summed E-state index contributed by atoms with van der Waals surface area (Å²) < 4.78 is 6.85. The van der Waals surface area contributed by atoms with Crippen LogP contribution in [0.3, 0.4) is 0 Å². The predicted octanol–water partition coefficient (Wildman–Crippen LogP) is 4.84. The fourth-order valence-electron chi connectivity index (χ4n) is 1.86. The Bertz CT molecular complexity index is 584. The van der Waals surface area contributed by atoms with Crippen molar-refractivity contribution in [2.24, 2.45) is 5.73 Å². The van der Waals surface area contributed by atoms with Crippen LogP contribution in [0.4, 0.5) is 0 Å². The van der Waals surface area contributed by atoms with Crippen molar-refractivity contribution in [3.63, 3.8) is 0 Å². The Morgan fingerprint density at radius 2 is 1.80 bits per heavy atom. The van der Waals surface area contributed by atoms with Gasteiger partial charge >= 0.3 is 0 Å². The quantitative estimate of drug-likeness (QED) is 0.812. The maximum atomic E-state index is 6.13. The lowest BCUT2D eigenvalue weighted by Crippen LogP contribution is -2.06. The topological polar surface area (TPSA) is 35.2 Å². The van der Waals surface area contributed by atoms with E-state index >= 15 is 0 Å². The smallest absolute Gasteiger partial charge is 0.123 e. The zero-order valence-corrected chi connectivity index (χ0v) is 13.8. The summed E-state index contributed by atoms with van der Waals surface area (Å²) in [6, 6.07) is 11.3. The molecule has 0 bridgehead atoms. The van der Waals surface area contributed by atoms with E-state index < -0.39 is 0 Å². The van der Waals surface area contributed by atoms with Gasteiger partial charge in [0, 0.05) is 20.1 Å². The Morgan fingerprint density at radius 1 is 1.10 bits per heavy atom. The van der Waals surface area contributed by atoms with E-state index in [0.717, 1.165) is 27.8 Å². The molecule has 0 aromatic heterocycles. The van der Waals surface area contributed by atoms with Gasteiger partial charge in [0.05, 0.1) is 0 Å². The molecule has 20 heavy (non-hydrogen) atoms. The van der Waals surface area contributed by atoms with Gasteiger partial charge in [0.2, 0.25) is 0 Å². The molecule has 0 aliphatic rings. The summed E-state index contributed by atoms with van der Waals surface area (Å²) >= 11 is 15.7. The van der Waals surface area contributed by atoms with Crippen molar-refractivity contribution in [1.82, 2.24) is 0 Å². The Hall–Kier alpha value is -0.740. The van der Waals surface area contributed by atoms with Gasteiger partial charge in [-0.3, -0.25) is 0 Å². The molecule has 2 aromatic carbocycles. The average Bonchev–Trinajstić information content (AvgIpc) is 2.40. The second-order valence-electron chi connectivity index (χ2n) is 4.28. The summed E-state index contributed by atoms with van der Waals surface area (Å²) in [4.78, 5) is 0. The van der Waals surface area contributed by atoms with E-state index in [4.69, 9.17) is 33.7 Å². The lowest BCUT2D eigenvalue weighted by Gasteiger charge is -2.13. The molecule has 0 saturated heterocycles. The maximum absolute atomic E-state index is 6.13. The second-order valence-corrected chi connectivity index (χ2v) is 6.01. The number of nitrogens with two attached hydrogens (primary N) is 1. The summed E-state index contributed by atoms with van der Waals surface area (Å²) in [6.07, 6.45) is 0.755. The van der Waals surface area contributed by atoms with Crippen LogP contribution in [0.25, 0.3) is 0 Å². The molecule has 2 aromatic rings. The summed E-state index contributed by atoms with van der Waals surface area (Å²) in [5.74, 6) is 0.801. The molecule has 0 spiro atoms. The van der Waals surface area contributed by atoms with Gasteiger partial charge in [0.25, 0.3) is 0 Å². The molecular weight excluding hydrogens is 361 g/mol. The standard InChI is InChI=1S/C15H14BrCl2NO/c16-11-4-5-15(10(8-11)6-7-19)20-9-12-13(17)2-1-3-14(12)18/h1-5,8H,6-7,9,19H2. The van der Waals surface area contributed by atoms with Crippen molar-refractivity contribution < 1.29 is 4.74 Å². The van der Waals surface area contributed by atoms with Crippen LogP contribution in [0.2, 0.25) is 10.0 Å². The lowest BCUT2D eigenvalue weighted by molar-refractivity contribution is 0.303. The van der Waals surface area contributed by atoms with E-state index in [1.54, 1.807) is 12.1 Å². The average molecular weight is 375 g/mol. The zero-order valence-electron chi connectivity index (χ0n) is 10.7. The normalized spacial score (nSPS) is 10.6. The molecule has 0 saturated carbocycles. The van der Waals surface area contributed by atoms with E-state index in [1.165, 1.54) is 0 Å². The van der Waals surface area contributed by atoms with E-state index in [-0.39, 0.29) is 0 Å². The first-order chi connectivity index (χ1) is 9.61. The monoisotopic (exact) mass is 373 g/mol. The number of benzene rings is 2. The highest BCUT2D eigenvalue weighted by molar-refractivity contribution is 9.10. The van der Waals surface area contributed by atoms with Gasteiger partial charge in [-0.15, -0.1) is 0 Å². The van der Waals surface area contributed by atoms with Crippen molar-refractivity contribution in [2.45, 2.75) is 13.0 Å². The van der Waals surface area contributed by atoms with Gasteiger partial charge < -0.3 is 10.5 Å². The fourth-order valence-corrected chi connectivity index (χ4v) is 2.77. The molecule has 2 nitrogen and oxygen atoms in total. The maximum Gasteiger partial charge on any atom is 0.123 e. The summed E-state index contributed by atoms with van der Waals surface area (Å²) in [6.45, 7) is 0.900. The fraction of sp³-hybridized carbons (Fsp3) is 0.200. The third kappa shape index (κ3) is 3.89. The Labute approximate surface area is 137 Å². The van der Waals surface area contributed by atoms with Crippen molar-refractivity contribution >= 4 is 39.1 Å². The molecule has 5 heteroatoms. The largest absolute Gasteiger partial charge is 0.489 e. The molecule has 0 aliphatic carbocycles. The SMILES string of the molecule is NCCc1cc(Br)ccc1OCc1c(Cl)cccc1Cl. The molecule has 0 radical (unpaired) electrons. The van der Waals surface area contributed by atoms with Crippen molar-refractivity contribution in [3.05, 3.63) is 62.0 Å². The van der Waals surface area contributed by atoms with Gasteiger partial charge in [0.1, 0.15) is 12.4 Å². The molecule has 0 unspecified atom stereocenters. The van der Waals surface area contributed by atoms with E-state index in [9.17, 15) is 0 Å². The minimum atomic E-state index is 0.331. The van der Waals surface area contributed by atoms with Crippen LogP contribution in [-0.2, 0) is 13.0 Å². The molecule has 0 atom stereocenters. The molecule has 0 heterocycles. The summed E-state index contributed by atoms with van der Waals surface area (Å²) in [5.41, 5.74) is 7.47. The number of ether oxygens (including phenoxy) is 1. The Morgan fingerprint density at radius 3 is 2.45 bits per heavy atom. The number of hydrogen-bond acceptors (Lipinski definition) is 2. The van der Waals surface area contributed by atoms with Crippen molar-refractivity contribution in [1.29, 1.82) is 0 Å². The van der Waals surface area contributed by atoms with E-state index in [1.807, 2.05) is 24.3 Å². The zero-order chi connectivity index (χ0) is 14.5.